The van der Waals surface area contributed by atoms with Crippen LogP contribution >= 0.6 is 0 Å². The van der Waals surface area contributed by atoms with Crippen molar-refractivity contribution in [2.24, 2.45) is 11.8 Å². The first-order valence-corrected chi connectivity index (χ1v) is 4.92. The smallest absolute Gasteiger partial charge is 0.333 e. The van der Waals surface area contributed by atoms with Crippen LogP contribution < -0.4 is 0 Å². The molecule has 0 aromatic heterocycles. The van der Waals surface area contributed by atoms with Gasteiger partial charge < -0.3 is 4.74 Å². The molecule has 0 saturated heterocycles. The minimum absolute atomic E-state index is 0.237. The van der Waals surface area contributed by atoms with Crippen LogP contribution in [-0.4, -0.2) is 13.1 Å². The van der Waals surface area contributed by atoms with E-state index in [0.717, 1.165) is 18.8 Å². The zero-order valence-corrected chi connectivity index (χ0v) is 8.51. The summed E-state index contributed by atoms with van der Waals surface area (Å²) in [5, 5.41) is 0. The van der Waals surface area contributed by atoms with Gasteiger partial charge in [0.25, 0.3) is 0 Å². The molecule has 1 fully saturated rings. The SMILES string of the molecule is C=C(C(=O)OC)C1CCC(C)CC1. The Hall–Kier alpha value is -0.790. The van der Waals surface area contributed by atoms with E-state index in [1.165, 1.54) is 20.0 Å². The molecule has 1 aliphatic carbocycles. The van der Waals surface area contributed by atoms with E-state index >= 15 is 0 Å². The minimum atomic E-state index is -0.237. The van der Waals surface area contributed by atoms with Gasteiger partial charge in [0.15, 0.2) is 0 Å². The first-order chi connectivity index (χ1) is 6.15. The molecule has 0 unspecified atom stereocenters. The molecule has 0 atom stereocenters. The molecule has 74 valence electrons. The molecule has 0 radical (unpaired) electrons. The highest BCUT2D eigenvalue weighted by molar-refractivity contribution is 5.88. The van der Waals surface area contributed by atoms with Crippen molar-refractivity contribution in [2.75, 3.05) is 7.11 Å². The minimum Gasteiger partial charge on any atom is -0.466 e. The van der Waals surface area contributed by atoms with Gasteiger partial charge in [0.1, 0.15) is 0 Å². The Morgan fingerprint density at radius 1 is 1.31 bits per heavy atom. The van der Waals surface area contributed by atoms with Gasteiger partial charge in [0, 0.05) is 5.57 Å². The third-order valence-electron chi connectivity index (χ3n) is 2.96. The van der Waals surface area contributed by atoms with Crippen molar-refractivity contribution >= 4 is 5.97 Å². The van der Waals surface area contributed by atoms with Gasteiger partial charge in [-0.15, -0.1) is 0 Å². The van der Waals surface area contributed by atoms with Crippen LogP contribution in [0.1, 0.15) is 32.6 Å². The van der Waals surface area contributed by atoms with Gasteiger partial charge in [-0.25, -0.2) is 4.79 Å². The number of carbonyl (C=O) groups excluding carboxylic acids is 1. The molecule has 1 saturated carbocycles. The third kappa shape index (κ3) is 2.58. The maximum atomic E-state index is 11.2. The number of esters is 1. The summed E-state index contributed by atoms with van der Waals surface area (Å²) in [5.41, 5.74) is 0.661. The van der Waals surface area contributed by atoms with E-state index in [1.807, 2.05) is 0 Å². The van der Waals surface area contributed by atoms with Gasteiger partial charge >= 0.3 is 5.97 Å². The number of hydrogen-bond donors (Lipinski definition) is 0. The fraction of sp³-hybridized carbons (Fsp3) is 0.727. The summed E-state index contributed by atoms with van der Waals surface area (Å²) in [6, 6.07) is 0. The number of ether oxygens (including phenoxy) is 1. The zero-order valence-electron chi connectivity index (χ0n) is 8.51. The summed E-state index contributed by atoms with van der Waals surface area (Å²) >= 11 is 0. The molecular formula is C11H18O2. The number of methoxy groups -OCH3 is 1. The molecule has 0 N–H and O–H groups in total. The highest BCUT2D eigenvalue weighted by Crippen LogP contribution is 2.32. The molecule has 0 aromatic carbocycles. The van der Waals surface area contributed by atoms with E-state index in [9.17, 15) is 4.79 Å². The van der Waals surface area contributed by atoms with Crippen molar-refractivity contribution in [2.45, 2.75) is 32.6 Å². The number of hydrogen-bond acceptors (Lipinski definition) is 2. The molecule has 0 aromatic rings. The lowest BCUT2D eigenvalue weighted by Crippen LogP contribution is -2.19. The molecule has 0 bridgehead atoms. The second kappa shape index (κ2) is 4.45. The lowest BCUT2D eigenvalue weighted by Gasteiger charge is -2.26. The third-order valence-corrected chi connectivity index (χ3v) is 2.96. The van der Waals surface area contributed by atoms with E-state index in [4.69, 9.17) is 0 Å². The summed E-state index contributed by atoms with van der Waals surface area (Å²) in [5.74, 6) is 0.935. The second-order valence-electron chi connectivity index (χ2n) is 3.97. The molecule has 2 nitrogen and oxygen atoms in total. The van der Waals surface area contributed by atoms with E-state index in [2.05, 4.69) is 18.2 Å². The van der Waals surface area contributed by atoms with Gasteiger partial charge in [-0.2, -0.15) is 0 Å². The van der Waals surface area contributed by atoms with Gasteiger partial charge in [0.05, 0.1) is 7.11 Å². The highest BCUT2D eigenvalue weighted by atomic mass is 16.5. The summed E-state index contributed by atoms with van der Waals surface area (Å²) in [6.07, 6.45) is 4.60. The summed E-state index contributed by atoms with van der Waals surface area (Å²) < 4.78 is 4.65. The fourth-order valence-electron chi connectivity index (χ4n) is 1.91. The Morgan fingerprint density at radius 2 is 1.85 bits per heavy atom. The average molecular weight is 182 g/mol. The van der Waals surface area contributed by atoms with E-state index in [0.29, 0.717) is 11.5 Å². The lowest BCUT2D eigenvalue weighted by atomic mass is 9.79. The van der Waals surface area contributed by atoms with Crippen molar-refractivity contribution in [3.05, 3.63) is 12.2 Å². The van der Waals surface area contributed by atoms with Gasteiger partial charge in [-0.3, -0.25) is 0 Å². The molecular weight excluding hydrogens is 164 g/mol. The van der Waals surface area contributed by atoms with E-state index < -0.39 is 0 Å². The predicted octanol–water partition coefficient (Wildman–Crippen LogP) is 2.54. The quantitative estimate of drug-likeness (QED) is 0.484. The zero-order chi connectivity index (χ0) is 9.84. The molecule has 0 heterocycles. The summed E-state index contributed by atoms with van der Waals surface area (Å²) in [4.78, 5) is 11.2. The molecule has 2 heteroatoms. The normalized spacial score (nSPS) is 28.2. The topological polar surface area (TPSA) is 26.3 Å². The Balaban J connectivity index is 2.44. The van der Waals surface area contributed by atoms with Crippen LogP contribution in [-0.2, 0) is 9.53 Å². The first kappa shape index (κ1) is 10.3. The Morgan fingerprint density at radius 3 is 2.31 bits per heavy atom. The van der Waals surface area contributed by atoms with E-state index in [1.54, 1.807) is 0 Å². The van der Waals surface area contributed by atoms with Crippen LogP contribution in [0, 0.1) is 11.8 Å². The van der Waals surface area contributed by atoms with Crippen molar-refractivity contribution in [1.29, 1.82) is 0 Å². The van der Waals surface area contributed by atoms with Crippen LogP contribution in [0.3, 0.4) is 0 Å². The Kier molecular flexibility index (Phi) is 3.52. The van der Waals surface area contributed by atoms with Crippen LogP contribution in [0.4, 0.5) is 0 Å². The van der Waals surface area contributed by atoms with Crippen molar-refractivity contribution in [3.63, 3.8) is 0 Å². The number of rotatable bonds is 2. The maximum absolute atomic E-state index is 11.2. The van der Waals surface area contributed by atoms with Crippen LogP contribution in [0.5, 0.6) is 0 Å². The van der Waals surface area contributed by atoms with Crippen molar-refractivity contribution < 1.29 is 9.53 Å². The summed E-state index contributed by atoms with van der Waals surface area (Å²) in [7, 11) is 1.42. The number of carbonyl (C=O) groups is 1. The molecule has 13 heavy (non-hydrogen) atoms. The van der Waals surface area contributed by atoms with Gasteiger partial charge in [-0.05, 0) is 24.7 Å². The van der Waals surface area contributed by atoms with Crippen LogP contribution in [0.25, 0.3) is 0 Å². The van der Waals surface area contributed by atoms with Crippen molar-refractivity contribution in [3.8, 4) is 0 Å². The first-order valence-electron chi connectivity index (χ1n) is 4.92. The summed E-state index contributed by atoms with van der Waals surface area (Å²) in [6.45, 7) is 6.06. The van der Waals surface area contributed by atoms with Gasteiger partial charge in [0.2, 0.25) is 0 Å². The molecule has 0 spiro atoms. The fourth-order valence-corrected chi connectivity index (χ4v) is 1.91. The van der Waals surface area contributed by atoms with Crippen molar-refractivity contribution in [1.82, 2.24) is 0 Å². The monoisotopic (exact) mass is 182 g/mol. The standard InChI is InChI=1S/C11H18O2/c1-8-4-6-10(7-5-8)9(2)11(12)13-3/h8,10H,2,4-7H2,1,3H3. The molecule has 0 amide bonds. The predicted molar refractivity (Wildman–Crippen MR) is 52.3 cm³/mol. The van der Waals surface area contributed by atoms with Crippen LogP contribution in [0.2, 0.25) is 0 Å². The Labute approximate surface area is 80.0 Å². The van der Waals surface area contributed by atoms with Crippen LogP contribution in [0.15, 0.2) is 12.2 Å². The largest absolute Gasteiger partial charge is 0.466 e. The van der Waals surface area contributed by atoms with Gasteiger partial charge in [-0.1, -0.05) is 26.3 Å². The maximum Gasteiger partial charge on any atom is 0.333 e. The molecule has 0 aliphatic heterocycles. The molecule has 1 aliphatic rings. The highest BCUT2D eigenvalue weighted by Gasteiger charge is 2.24. The van der Waals surface area contributed by atoms with E-state index in [-0.39, 0.29) is 5.97 Å². The molecule has 1 rings (SSSR count). The Bertz CT molecular complexity index is 200. The second-order valence-corrected chi connectivity index (χ2v) is 3.97. The average Bonchev–Trinajstić information content (AvgIpc) is 2.17. The lowest BCUT2D eigenvalue weighted by molar-refractivity contribution is -0.136.